The number of halogens is 1. The van der Waals surface area contributed by atoms with Gasteiger partial charge in [0, 0.05) is 48.9 Å². The normalized spacial score (nSPS) is 16.9. The smallest absolute Gasteiger partial charge is 0.222 e. The van der Waals surface area contributed by atoms with Crippen LogP contribution in [-0.4, -0.2) is 49.9 Å². The number of anilines is 1. The molecule has 0 aliphatic carbocycles. The van der Waals surface area contributed by atoms with E-state index in [0.717, 1.165) is 48.8 Å². The van der Waals surface area contributed by atoms with Gasteiger partial charge in [-0.25, -0.2) is 19.3 Å². The number of H-pyrrole nitrogens is 1. The number of amides is 1. The lowest BCUT2D eigenvalue weighted by atomic mass is 10.0. The molecule has 1 amide bonds. The zero-order valence-corrected chi connectivity index (χ0v) is 16.5. The van der Waals surface area contributed by atoms with Crippen molar-refractivity contribution >= 4 is 22.8 Å². The van der Waals surface area contributed by atoms with Crippen molar-refractivity contribution in [1.82, 2.24) is 24.8 Å². The molecule has 29 heavy (non-hydrogen) atoms. The number of rotatable bonds is 6. The molecule has 0 bridgehead atoms. The Labute approximate surface area is 168 Å². The van der Waals surface area contributed by atoms with E-state index in [1.807, 2.05) is 24.0 Å². The molecule has 0 spiro atoms. The molecule has 1 aliphatic rings. The number of likely N-dealkylation sites (tertiary alicyclic amines) is 1. The lowest BCUT2D eigenvalue weighted by Gasteiger charge is -2.36. The van der Waals surface area contributed by atoms with Crippen LogP contribution in [0.2, 0.25) is 0 Å². The molecule has 0 saturated carbocycles. The van der Waals surface area contributed by atoms with E-state index in [1.54, 1.807) is 12.4 Å². The van der Waals surface area contributed by atoms with Crippen LogP contribution in [0.5, 0.6) is 0 Å². The van der Waals surface area contributed by atoms with Gasteiger partial charge in [0.2, 0.25) is 5.91 Å². The van der Waals surface area contributed by atoms with E-state index in [-0.39, 0.29) is 17.8 Å². The van der Waals surface area contributed by atoms with Crippen LogP contribution < -0.4 is 5.32 Å². The van der Waals surface area contributed by atoms with Crippen molar-refractivity contribution in [3.63, 3.8) is 0 Å². The van der Waals surface area contributed by atoms with Gasteiger partial charge in [0.05, 0.1) is 6.20 Å². The summed E-state index contributed by atoms with van der Waals surface area (Å²) >= 11 is 0. The van der Waals surface area contributed by atoms with Gasteiger partial charge in [-0.15, -0.1) is 0 Å². The minimum absolute atomic E-state index is 0.0536. The molecule has 152 valence electrons. The number of pyridine rings is 1. The average molecular weight is 396 g/mol. The highest BCUT2D eigenvalue weighted by Crippen LogP contribution is 2.26. The van der Waals surface area contributed by atoms with Crippen molar-refractivity contribution in [1.29, 1.82) is 0 Å². The second kappa shape index (κ2) is 8.55. The van der Waals surface area contributed by atoms with E-state index < -0.39 is 5.82 Å². The minimum Gasteiger partial charge on any atom is -0.365 e. The first kappa shape index (κ1) is 19.3. The van der Waals surface area contributed by atoms with Crippen LogP contribution in [0.3, 0.4) is 0 Å². The predicted octanol–water partition coefficient (Wildman–Crippen LogP) is 3.75. The Bertz CT molecular complexity index is 1000. The maximum absolute atomic E-state index is 14.4. The Kier molecular flexibility index (Phi) is 5.69. The fraction of sp³-hybridized carbons (Fsp3) is 0.429. The summed E-state index contributed by atoms with van der Waals surface area (Å²) in [6.45, 7) is 3.25. The molecule has 3 aromatic heterocycles. The first-order valence-corrected chi connectivity index (χ1v) is 10.2. The summed E-state index contributed by atoms with van der Waals surface area (Å²) in [6, 6.07) is 3.82. The maximum Gasteiger partial charge on any atom is 0.222 e. The van der Waals surface area contributed by atoms with Crippen molar-refractivity contribution < 1.29 is 9.18 Å². The Hall–Kier alpha value is -3.03. The number of carbonyl (C=O) groups is 1. The zero-order valence-electron chi connectivity index (χ0n) is 16.5. The molecule has 4 heterocycles. The molecular weight excluding hydrogens is 371 g/mol. The van der Waals surface area contributed by atoms with Crippen LogP contribution >= 0.6 is 0 Å². The number of hydrogen-bond acceptors (Lipinski definition) is 5. The topological polar surface area (TPSA) is 86.8 Å². The number of piperidine rings is 1. The number of aromatic nitrogens is 4. The summed E-state index contributed by atoms with van der Waals surface area (Å²) in [5, 5.41) is 4.00. The van der Waals surface area contributed by atoms with E-state index in [0.29, 0.717) is 18.8 Å². The molecule has 4 rings (SSSR count). The molecule has 0 aromatic carbocycles. The molecule has 1 aliphatic heterocycles. The third-order valence-electron chi connectivity index (χ3n) is 5.35. The van der Waals surface area contributed by atoms with E-state index in [2.05, 4.69) is 25.3 Å². The Morgan fingerprint density at radius 2 is 2.28 bits per heavy atom. The number of hydrogen-bond donors (Lipinski definition) is 2. The largest absolute Gasteiger partial charge is 0.365 e. The monoisotopic (exact) mass is 396 g/mol. The van der Waals surface area contributed by atoms with Crippen molar-refractivity contribution in [3.05, 3.63) is 36.5 Å². The summed E-state index contributed by atoms with van der Waals surface area (Å²) in [5.41, 5.74) is 1.51. The molecule has 7 nitrogen and oxygen atoms in total. The molecule has 3 aromatic rings. The van der Waals surface area contributed by atoms with Crippen LogP contribution in [0, 0.1) is 5.82 Å². The maximum atomic E-state index is 14.4. The molecule has 0 radical (unpaired) electrons. The molecule has 8 heteroatoms. The second-order valence-electron chi connectivity index (χ2n) is 7.36. The first-order valence-electron chi connectivity index (χ1n) is 10.2. The number of carbonyl (C=O) groups excluding carboxylic acids is 1. The molecule has 1 atom stereocenters. The first-order chi connectivity index (χ1) is 14.2. The van der Waals surface area contributed by atoms with Gasteiger partial charge in [-0.1, -0.05) is 6.92 Å². The standard InChI is InChI=1S/C21H25FN6O/c1-2-6-18(29)28-10-4-3-7-14(28)11-24-21-17(22)13-26-20(27-21)16-12-25-19-15(16)8-5-9-23-19/h5,8-9,12-14H,2-4,6-7,10-11H2,1H3,(H,23,25)(H,24,26,27)/t14-/m0/s1. The molecule has 1 fully saturated rings. The lowest BCUT2D eigenvalue weighted by Crippen LogP contribution is -2.47. The van der Waals surface area contributed by atoms with Gasteiger partial charge >= 0.3 is 0 Å². The quantitative estimate of drug-likeness (QED) is 0.663. The highest BCUT2D eigenvalue weighted by Gasteiger charge is 2.26. The van der Waals surface area contributed by atoms with Crippen molar-refractivity contribution in [2.75, 3.05) is 18.4 Å². The molecule has 0 unspecified atom stereocenters. The number of aromatic amines is 1. The van der Waals surface area contributed by atoms with Gasteiger partial charge in [0.1, 0.15) is 5.65 Å². The summed E-state index contributed by atoms with van der Waals surface area (Å²) in [5.74, 6) is 0.250. The van der Waals surface area contributed by atoms with Gasteiger partial charge in [-0.05, 0) is 37.8 Å². The molecular formula is C21H25FN6O. The van der Waals surface area contributed by atoms with Crippen molar-refractivity contribution in [2.45, 2.75) is 45.1 Å². The highest BCUT2D eigenvalue weighted by atomic mass is 19.1. The third kappa shape index (κ3) is 4.06. The number of fused-ring (bicyclic) bond motifs is 1. The number of nitrogens with zero attached hydrogens (tertiary/aromatic N) is 4. The van der Waals surface area contributed by atoms with Crippen molar-refractivity contribution in [3.8, 4) is 11.4 Å². The van der Waals surface area contributed by atoms with Gasteiger partial charge in [0.25, 0.3) is 0 Å². The SMILES string of the molecule is CCCC(=O)N1CCCC[C@H]1CNc1nc(-c2c[nH]c3ncccc23)ncc1F. The lowest BCUT2D eigenvalue weighted by molar-refractivity contribution is -0.134. The van der Waals surface area contributed by atoms with Crippen LogP contribution in [-0.2, 0) is 4.79 Å². The van der Waals surface area contributed by atoms with Gasteiger partial charge in [-0.3, -0.25) is 4.79 Å². The molecule has 1 saturated heterocycles. The van der Waals surface area contributed by atoms with E-state index in [4.69, 9.17) is 0 Å². The van der Waals surface area contributed by atoms with Gasteiger partial charge < -0.3 is 15.2 Å². The summed E-state index contributed by atoms with van der Waals surface area (Å²) in [7, 11) is 0. The Balaban J connectivity index is 1.53. The van der Waals surface area contributed by atoms with Gasteiger partial charge in [0.15, 0.2) is 17.5 Å². The summed E-state index contributed by atoms with van der Waals surface area (Å²) < 4.78 is 14.4. The van der Waals surface area contributed by atoms with Crippen LogP contribution in [0.4, 0.5) is 10.2 Å². The number of nitrogens with one attached hydrogen (secondary N) is 2. The van der Waals surface area contributed by atoms with Crippen LogP contribution in [0.15, 0.2) is 30.7 Å². The summed E-state index contributed by atoms with van der Waals surface area (Å²) in [6.07, 6.45) is 9.05. The van der Waals surface area contributed by atoms with Crippen LogP contribution in [0.1, 0.15) is 39.0 Å². The molecule has 2 N–H and O–H groups in total. The minimum atomic E-state index is -0.506. The fourth-order valence-electron chi connectivity index (χ4n) is 3.87. The zero-order chi connectivity index (χ0) is 20.2. The van der Waals surface area contributed by atoms with E-state index >= 15 is 0 Å². The Morgan fingerprint density at radius 1 is 1.38 bits per heavy atom. The van der Waals surface area contributed by atoms with E-state index in [9.17, 15) is 9.18 Å². The van der Waals surface area contributed by atoms with Gasteiger partial charge in [-0.2, -0.15) is 0 Å². The Morgan fingerprint density at radius 3 is 3.14 bits per heavy atom. The summed E-state index contributed by atoms with van der Waals surface area (Å²) in [4.78, 5) is 30.3. The fourth-order valence-corrected chi connectivity index (χ4v) is 3.87. The van der Waals surface area contributed by atoms with Crippen molar-refractivity contribution in [2.24, 2.45) is 0 Å². The van der Waals surface area contributed by atoms with Crippen LogP contribution in [0.25, 0.3) is 22.4 Å². The highest BCUT2D eigenvalue weighted by molar-refractivity contribution is 5.91. The average Bonchev–Trinajstić information content (AvgIpc) is 3.18. The predicted molar refractivity (Wildman–Crippen MR) is 110 cm³/mol. The third-order valence-corrected chi connectivity index (χ3v) is 5.35. The second-order valence-corrected chi connectivity index (χ2v) is 7.36. The van der Waals surface area contributed by atoms with E-state index in [1.165, 1.54) is 6.20 Å².